The van der Waals surface area contributed by atoms with Gasteiger partial charge in [-0.1, -0.05) is 29.8 Å². The third-order valence-corrected chi connectivity index (χ3v) is 4.53. The highest BCUT2D eigenvalue weighted by atomic mass is 35.5. The first kappa shape index (κ1) is 15.7. The van der Waals surface area contributed by atoms with E-state index in [0.717, 1.165) is 6.20 Å². The van der Waals surface area contributed by atoms with Crippen LogP contribution in [0.3, 0.4) is 0 Å². The molecular weight excluding hydrogens is 317 g/mol. The van der Waals surface area contributed by atoms with Gasteiger partial charge < -0.3 is 5.73 Å². The van der Waals surface area contributed by atoms with E-state index in [9.17, 15) is 12.8 Å². The number of aromatic nitrogens is 1. The van der Waals surface area contributed by atoms with E-state index in [2.05, 4.69) is 9.71 Å². The lowest BCUT2D eigenvalue weighted by atomic mass is 10.1. The first-order valence-electron chi connectivity index (χ1n) is 6.04. The highest BCUT2D eigenvalue weighted by Gasteiger charge is 2.15. The molecule has 0 aliphatic carbocycles. The van der Waals surface area contributed by atoms with Crippen molar-refractivity contribution in [3.63, 3.8) is 0 Å². The van der Waals surface area contributed by atoms with Crippen LogP contribution in [0.25, 0.3) is 0 Å². The zero-order chi connectivity index (χ0) is 15.5. The number of nitrogens with two attached hydrogens (primary N) is 1. The van der Waals surface area contributed by atoms with Crippen LogP contribution in [0, 0.1) is 5.82 Å². The maximum Gasteiger partial charge on any atom is 0.242 e. The van der Waals surface area contributed by atoms with E-state index in [0.29, 0.717) is 5.56 Å². The molecule has 0 atom stereocenters. The van der Waals surface area contributed by atoms with E-state index in [1.165, 1.54) is 12.1 Å². The van der Waals surface area contributed by atoms with E-state index in [4.69, 9.17) is 17.3 Å². The predicted octanol–water partition coefficient (Wildman–Crippen LogP) is 1.98. The largest absolute Gasteiger partial charge is 0.382 e. The van der Waals surface area contributed by atoms with Crippen molar-refractivity contribution in [1.82, 2.24) is 9.71 Å². The monoisotopic (exact) mass is 329 g/mol. The lowest BCUT2D eigenvalue weighted by Crippen LogP contribution is -2.26. The summed E-state index contributed by atoms with van der Waals surface area (Å²) in [4.78, 5) is 3.60. The molecule has 1 aromatic carbocycles. The summed E-state index contributed by atoms with van der Waals surface area (Å²) in [5.74, 6) is -0.309. The minimum atomic E-state index is -3.76. The molecule has 2 rings (SSSR count). The number of halogens is 2. The van der Waals surface area contributed by atoms with Gasteiger partial charge in [0.2, 0.25) is 10.0 Å². The van der Waals surface area contributed by atoms with E-state index < -0.39 is 10.0 Å². The number of anilines is 1. The van der Waals surface area contributed by atoms with E-state index in [-0.39, 0.29) is 34.5 Å². The lowest BCUT2D eigenvalue weighted by Gasteiger charge is -2.08. The summed E-state index contributed by atoms with van der Waals surface area (Å²) in [5, 5.41) is 0.0620. The normalized spacial score (nSPS) is 11.5. The van der Waals surface area contributed by atoms with Gasteiger partial charge >= 0.3 is 0 Å². The third-order valence-electron chi connectivity index (χ3n) is 2.80. The zero-order valence-electron chi connectivity index (χ0n) is 10.9. The van der Waals surface area contributed by atoms with Gasteiger partial charge in [0.1, 0.15) is 16.5 Å². The fraction of sp³-hybridized carbons (Fsp3) is 0.154. The number of nitrogen functional groups attached to an aromatic ring is 1. The maximum absolute atomic E-state index is 13.4. The van der Waals surface area contributed by atoms with Crippen molar-refractivity contribution < 1.29 is 12.8 Å². The van der Waals surface area contributed by atoms with Crippen LogP contribution in [-0.4, -0.2) is 19.9 Å². The van der Waals surface area contributed by atoms with Crippen LogP contribution < -0.4 is 10.5 Å². The molecule has 0 bridgehead atoms. The maximum atomic E-state index is 13.4. The third kappa shape index (κ3) is 3.90. The summed E-state index contributed by atoms with van der Waals surface area (Å²) < 4.78 is 39.8. The minimum absolute atomic E-state index is 0.0574. The Kier molecular flexibility index (Phi) is 4.76. The second-order valence-corrected chi connectivity index (χ2v) is 6.45. The van der Waals surface area contributed by atoms with Gasteiger partial charge in [-0.15, -0.1) is 0 Å². The SMILES string of the molecule is Nc1ncc(S(=O)(=O)NCCc2ccccc2F)cc1Cl. The number of hydrogen-bond donors (Lipinski definition) is 2. The van der Waals surface area contributed by atoms with Gasteiger partial charge in [0.15, 0.2) is 0 Å². The van der Waals surface area contributed by atoms with Gasteiger partial charge in [-0.2, -0.15) is 0 Å². The summed E-state index contributed by atoms with van der Waals surface area (Å²) in [7, 11) is -3.76. The molecule has 0 saturated heterocycles. The number of hydrogen-bond acceptors (Lipinski definition) is 4. The second-order valence-electron chi connectivity index (χ2n) is 4.28. The Balaban J connectivity index is 2.05. The average molecular weight is 330 g/mol. The van der Waals surface area contributed by atoms with Crippen molar-refractivity contribution in [3.8, 4) is 0 Å². The summed E-state index contributed by atoms with van der Waals surface area (Å²) in [6, 6.07) is 7.41. The number of sulfonamides is 1. The highest BCUT2D eigenvalue weighted by molar-refractivity contribution is 7.89. The van der Waals surface area contributed by atoms with Crippen molar-refractivity contribution in [1.29, 1.82) is 0 Å². The molecule has 0 radical (unpaired) electrons. The van der Waals surface area contributed by atoms with Crippen LogP contribution in [0.4, 0.5) is 10.2 Å². The summed E-state index contributed by atoms with van der Waals surface area (Å²) in [6.07, 6.45) is 1.36. The van der Waals surface area contributed by atoms with Crippen molar-refractivity contribution in [2.24, 2.45) is 0 Å². The number of pyridine rings is 1. The van der Waals surface area contributed by atoms with Crippen LogP contribution >= 0.6 is 11.6 Å². The second kappa shape index (κ2) is 6.38. The van der Waals surface area contributed by atoms with Gasteiger partial charge in [0.25, 0.3) is 0 Å². The van der Waals surface area contributed by atoms with Gasteiger partial charge in [0, 0.05) is 12.7 Å². The molecule has 112 valence electrons. The molecule has 0 spiro atoms. The van der Waals surface area contributed by atoms with Crippen molar-refractivity contribution in [2.45, 2.75) is 11.3 Å². The molecule has 1 aromatic heterocycles. The zero-order valence-corrected chi connectivity index (χ0v) is 12.5. The number of nitrogens with one attached hydrogen (secondary N) is 1. The molecule has 0 saturated carbocycles. The fourth-order valence-corrected chi connectivity index (χ4v) is 2.92. The smallest absolute Gasteiger partial charge is 0.242 e. The number of nitrogens with zero attached hydrogens (tertiary/aromatic N) is 1. The Labute approximate surface area is 127 Å². The number of rotatable bonds is 5. The van der Waals surface area contributed by atoms with Gasteiger partial charge in [-0.25, -0.2) is 22.5 Å². The van der Waals surface area contributed by atoms with Crippen LogP contribution in [-0.2, 0) is 16.4 Å². The molecule has 0 aliphatic rings. The van der Waals surface area contributed by atoms with Crippen LogP contribution in [0.1, 0.15) is 5.56 Å². The fourth-order valence-electron chi connectivity index (χ4n) is 1.68. The Morgan fingerprint density at radius 3 is 2.71 bits per heavy atom. The minimum Gasteiger partial charge on any atom is -0.382 e. The van der Waals surface area contributed by atoms with Crippen molar-refractivity contribution in [3.05, 3.63) is 52.9 Å². The van der Waals surface area contributed by atoms with Crippen molar-refractivity contribution >= 4 is 27.4 Å². The Morgan fingerprint density at radius 1 is 1.33 bits per heavy atom. The molecule has 1 heterocycles. The molecule has 2 aromatic rings. The quantitative estimate of drug-likeness (QED) is 0.878. The molecule has 0 unspecified atom stereocenters. The Hall–Kier alpha value is -1.70. The van der Waals surface area contributed by atoms with Gasteiger partial charge in [-0.3, -0.25) is 0 Å². The standard InChI is InChI=1S/C13H13ClFN3O2S/c14-11-7-10(8-17-13(11)16)21(19,20)18-6-5-9-3-1-2-4-12(9)15/h1-4,7-8,18H,5-6H2,(H2,16,17). The van der Waals surface area contributed by atoms with Crippen molar-refractivity contribution in [2.75, 3.05) is 12.3 Å². The summed E-state index contributed by atoms with van der Waals surface area (Å²) >= 11 is 5.74. The Morgan fingerprint density at radius 2 is 2.05 bits per heavy atom. The molecule has 3 N–H and O–H groups in total. The van der Waals surface area contributed by atoms with E-state index in [1.54, 1.807) is 18.2 Å². The van der Waals surface area contributed by atoms with E-state index >= 15 is 0 Å². The molecule has 0 fully saturated rings. The molecule has 8 heteroatoms. The first-order valence-corrected chi connectivity index (χ1v) is 7.90. The average Bonchev–Trinajstić information content (AvgIpc) is 2.44. The van der Waals surface area contributed by atoms with E-state index in [1.807, 2.05) is 0 Å². The summed E-state index contributed by atoms with van der Waals surface area (Å²) in [5.41, 5.74) is 5.86. The van der Waals surface area contributed by atoms with Crippen LogP contribution in [0.5, 0.6) is 0 Å². The molecule has 5 nitrogen and oxygen atoms in total. The lowest BCUT2D eigenvalue weighted by molar-refractivity contribution is 0.577. The molecule has 0 amide bonds. The highest BCUT2D eigenvalue weighted by Crippen LogP contribution is 2.19. The topological polar surface area (TPSA) is 85.1 Å². The predicted molar refractivity (Wildman–Crippen MR) is 79.0 cm³/mol. The molecule has 0 aliphatic heterocycles. The van der Waals surface area contributed by atoms with Gasteiger partial charge in [0.05, 0.1) is 5.02 Å². The summed E-state index contributed by atoms with van der Waals surface area (Å²) in [6.45, 7) is 0.0608. The molecular formula is C13H13ClFN3O2S. The van der Waals surface area contributed by atoms with Crippen LogP contribution in [0.2, 0.25) is 5.02 Å². The molecule has 21 heavy (non-hydrogen) atoms. The first-order chi connectivity index (χ1) is 9.90. The number of benzene rings is 1. The van der Waals surface area contributed by atoms with Crippen LogP contribution in [0.15, 0.2) is 41.4 Å². The van der Waals surface area contributed by atoms with Gasteiger partial charge in [-0.05, 0) is 24.1 Å². The Bertz CT molecular complexity index is 753.